The number of aromatic hydroxyl groups is 1. The number of ketones is 1. The number of carbonyl (C=O) groups excluding carboxylic acids is 2. The Labute approximate surface area is 193 Å². The highest BCUT2D eigenvalue weighted by molar-refractivity contribution is 7.93. The van der Waals surface area contributed by atoms with Crippen molar-refractivity contribution in [2.75, 3.05) is 4.72 Å². The highest BCUT2D eigenvalue weighted by Gasteiger charge is 2.48. The second-order valence-electron chi connectivity index (χ2n) is 7.64. The molecule has 1 atom stereocenters. The number of fused-ring (bicyclic) bond motifs is 1. The Bertz CT molecular complexity index is 1350. The molecule has 0 radical (unpaired) electrons. The van der Waals surface area contributed by atoms with Crippen molar-refractivity contribution < 1.29 is 41.0 Å². The number of hydrogen-bond donors (Lipinski definition) is 2. The van der Waals surface area contributed by atoms with Crippen LogP contribution < -0.4 is 4.72 Å². The van der Waals surface area contributed by atoms with Gasteiger partial charge < -0.3 is 9.84 Å². The Morgan fingerprint density at radius 1 is 1.00 bits per heavy atom. The second-order valence-corrected chi connectivity index (χ2v) is 9.29. The lowest BCUT2D eigenvalue weighted by Gasteiger charge is -2.20. The number of hydrogen-bond acceptors (Lipinski definition) is 6. The van der Waals surface area contributed by atoms with Gasteiger partial charge in [0.15, 0.2) is 5.92 Å². The highest BCUT2D eigenvalue weighted by Crippen LogP contribution is 2.36. The van der Waals surface area contributed by atoms with Gasteiger partial charge in [-0.3, -0.25) is 14.3 Å². The molecule has 3 aromatic carbocycles. The van der Waals surface area contributed by atoms with Crippen LogP contribution in [0.25, 0.3) is 10.8 Å². The van der Waals surface area contributed by atoms with Crippen LogP contribution in [0.5, 0.6) is 5.75 Å². The summed E-state index contributed by atoms with van der Waals surface area (Å²) in [4.78, 5) is 24.3. The summed E-state index contributed by atoms with van der Waals surface area (Å²) < 4.78 is 72.7. The first kappa shape index (κ1) is 25.0. The van der Waals surface area contributed by atoms with Crippen LogP contribution in [0.4, 0.5) is 18.9 Å². The quantitative estimate of drug-likeness (QED) is 0.284. The van der Waals surface area contributed by atoms with Crippen LogP contribution in [0.15, 0.2) is 65.6 Å². The maximum Gasteiger partial charge on any atom is 0.451 e. The molecular formula is C23H20F3NO6S. The predicted octanol–water partition coefficient (Wildman–Crippen LogP) is 4.51. The van der Waals surface area contributed by atoms with E-state index in [1.807, 2.05) is 0 Å². The number of alkyl halides is 3. The first-order valence-electron chi connectivity index (χ1n) is 9.96. The molecular weight excluding hydrogens is 475 g/mol. The van der Waals surface area contributed by atoms with Crippen molar-refractivity contribution in [3.63, 3.8) is 0 Å². The summed E-state index contributed by atoms with van der Waals surface area (Å²) in [6.07, 6.45) is -6.25. The number of sulfonamides is 1. The lowest BCUT2D eigenvalue weighted by Crippen LogP contribution is -2.35. The smallest absolute Gasteiger partial charge is 0.451 e. The summed E-state index contributed by atoms with van der Waals surface area (Å²) in [5.41, 5.74) is -1.01. The van der Waals surface area contributed by atoms with Gasteiger partial charge >= 0.3 is 12.1 Å². The third kappa shape index (κ3) is 5.30. The molecule has 180 valence electrons. The van der Waals surface area contributed by atoms with Crippen molar-refractivity contribution in [1.29, 1.82) is 0 Å². The van der Waals surface area contributed by atoms with Crippen molar-refractivity contribution >= 4 is 38.2 Å². The molecule has 0 fully saturated rings. The molecule has 0 saturated heterocycles. The zero-order valence-corrected chi connectivity index (χ0v) is 18.8. The number of phenolic OH excluding ortho intramolecular Hbond substituents is 1. The third-order valence-corrected chi connectivity index (χ3v) is 6.20. The molecule has 0 spiro atoms. The molecule has 3 aromatic rings. The molecule has 7 nitrogen and oxygen atoms in total. The fraction of sp³-hybridized carbons (Fsp3) is 0.217. The van der Waals surface area contributed by atoms with E-state index in [0.717, 1.165) is 18.2 Å². The van der Waals surface area contributed by atoms with E-state index in [2.05, 4.69) is 4.72 Å². The molecule has 0 unspecified atom stereocenters. The Kier molecular flexibility index (Phi) is 6.87. The summed E-state index contributed by atoms with van der Waals surface area (Å²) in [5.74, 6) is -7.33. The SMILES string of the molecule is CC(C)OC(=O)[C@H](C(=O)C(F)(F)F)c1cc(NS(=O)(=O)c2cccc3ccccc23)ccc1O. The van der Waals surface area contributed by atoms with Crippen LogP contribution in [0.2, 0.25) is 0 Å². The summed E-state index contributed by atoms with van der Waals surface area (Å²) >= 11 is 0. The number of carbonyl (C=O) groups is 2. The van der Waals surface area contributed by atoms with Gasteiger partial charge in [-0.15, -0.1) is 0 Å². The molecule has 0 bridgehead atoms. The number of phenols is 1. The number of anilines is 1. The number of esters is 1. The van der Waals surface area contributed by atoms with Gasteiger partial charge in [0.05, 0.1) is 11.0 Å². The molecule has 0 aromatic heterocycles. The van der Waals surface area contributed by atoms with Crippen LogP contribution in [-0.4, -0.2) is 37.6 Å². The van der Waals surface area contributed by atoms with Gasteiger partial charge in [0.1, 0.15) is 5.75 Å². The maximum absolute atomic E-state index is 13.2. The van der Waals surface area contributed by atoms with E-state index >= 15 is 0 Å². The van der Waals surface area contributed by atoms with Gasteiger partial charge in [0, 0.05) is 16.6 Å². The lowest BCUT2D eigenvalue weighted by atomic mass is 9.93. The standard InChI is InChI=1S/C23H20F3NO6S/c1-13(2)33-22(30)20(21(29)23(24,25)26)17-12-15(10-11-18(17)28)27-34(31,32)19-9-5-7-14-6-3-4-8-16(14)19/h3-13,20,27-28H,1-2H3/t20-/m0/s1. The Morgan fingerprint density at radius 2 is 1.65 bits per heavy atom. The first-order chi connectivity index (χ1) is 15.8. The fourth-order valence-corrected chi connectivity index (χ4v) is 4.61. The molecule has 0 aliphatic rings. The van der Waals surface area contributed by atoms with Gasteiger partial charge in [0.25, 0.3) is 15.8 Å². The number of halogens is 3. The lowest BCUT2D eigenvalue weighted by molar-refractivity contribution is -0.178. The Morgan fingerprint density at radius 3 is 2.29 bits per heavy atom. The van der Waals surface area contributed by atoms with Crippen molar-refractivity contribution in [2.24, 2.45) is 0 Å². The average Bonchev–Trinajstić information content (AvgIpc) is 2.74. The van der Waals surface area contributed by atoms with Crippen molar-refractivity contribution in [3.8, 4) is 5.75 Å². The van der Waals surface area contributed by atoms with Crippen LogP contribution in [-0.2, 0) is 24.3 Å². The van der Waals surface area contributed by atoms with Crippen LogP contribution >= 0.6 is 0 Å². The van der Waals surface area contributed by atoms with E-state index in [9.17, 15) is 36.3 Å². The Balaban J connectivity index is 2.06. The number of ether oxygens (including phenoxy) is 1. The fourth-order valence-electron chi connectivity index (χ4n) is 3.33. The normalized spacial score (nSPS) is 13.0. The molecule has 0 saturated carbocycles. The maximum atomic E-state index is 13.2. The number of benzene rings is 3. The van der Waals surface area contributed by atoms with Gasteiger partial charge in [-0.05, 0) is 43.5 Å². The predicted molar refractivity (Wildman–Crippen MR) is 118 cm³/mol. The van der Waals surface area contributed by atoms with Crippen LogP contribution in [0.3, 0.4) is 0 Å². The number of Topliss-reactive ketones (excluding diaryl/α,β-unsaturated/α-hetero) is 1. The summed E-state index contributed by atoms with van der Waals surface area (Å²) in [7, 11) is -4.24. The molecule has 2 N–H and O–H groups in total. The summed E-state index contributed by atoms with van der Waals surface area (Å²) in [6, 6.07) is 14.0. The molecule has 11 heteroatoms. The first-order valence-corrected chi connectivity index (χ1v) is 11.4. The van der Waals surface area contributed by atoms with Crippen molar-refractivity contribution in [1.82, 2.24) is 0 Å². The largest absolute Gasteiger partial charge is 0.508 e. The number of nitrogens with one attached hydrogen (secondary N) is 1. The van der Waals surface area contributed by atoms with E-state index in [-0.39, 0.29) is 10.6 Å². The van der Waals surface area contributed by atoms with Gasteiger partial charge in [-0.25, -0.2) is 8.42 Å². The van der Waals surface area contributed by atoms with Gasteiger partial charge in [-0.2, -0.15) is 13.2 Å². The third-order valence-electron chi connectivity index (χ3n) is 4.76. The molecule has 34 heavy (non-hydrogen) atoms. The highest BCUT2D eigenvalue weighted by atomic mass is 32.2. The molecule has 0 amide bonds. The average molecular weight is 495 g/mol. The van der Waals surface area contributed by atoms with E-state index in [4.69, 9.17) is 4.74 Å². The Hall–Kier alpha value is -3.60. The minimum atomic E-state index is -5.41. The number of rotatable bonds is 7. The van der Waals surface area contributed by atoms with E-state index in [1.54, 1.807) is 30.3 Å². The monoisotopic (exact) mass is 495 g/mol. The zero-order valence-electron chi connectivity index (χ0n) is 18.0. The minimum absolute atomic E-state index is 0.0950. The van der Waals surface area contributed by atoms with E-state index in [1.165, 1.54) is 26.0 Å². The molecule has 0 aliphatic carbocycles. The van der Waals surface area contributed by atoms with E-state index < -0.39 is 51.3 Å². The van der Waals surface area contributed by atoms with Crippen molar-refractivity contribution in [2.45, 2.75) is 36.9 Å². The topological polar surface area (TPSA) is 110 Å². The molecule has 0 aliphatic heterocycles. The van der Waals surface area contributed by atoms with E-state index in [0.29, 0.717) is 10.8 Å². The van der Waals surface area contributed by atoms with Gasteiger partial charge in [-0.1, -0.05) is 36.4 Å². The second kappa shape index (κ2) is 9.34. The zero-order chi connectivity index (χ0) is 25.3. The summed E-state index contributed by atoms with van der Waals surface area (Å²) in [5, 5.41) is 11.2. The van der Waals surface area contributed by atoms with Gasteiger partial charge in [0.2, 0.25) is 0 Å². The minimum Gasteiger partial charge on any atom is -0.508 e. The molecule has 3 rings (SSSR count). The molecule has 0 heterocycles. The van der Waals surface area contributed by atoms with Crippen LogP contribution in [0.1, 0.15) is 25.3 Å². The van der Waals surface area contributed by atoms with Crippen LogP contribution in [0, 0.1) is 0 Å². The summed E-state index contributed by atoms with van der Waals surface area (Å²) in [6.45, 7) is 2.75. The van der Waals surface area contributed by atoms with Crippen molar-refractivity contribution in [3.05, 3.63) is 66.2 Å².